The van der Waals surface area contributed by atoms with E-state index in [1.807, 2.05) is 0 Å². The zero-order chi connectivity index (χ0) is 29.3. The van der Waals surface area contributed by atoms with Crippen LogP contribution in [0.2, 0.25) is 0 Å². The Labute approximate surface area is 226 Å². The highest BCUT2D eigenvalue weighted by molar-refractivity contribution is 5.93. The van der Waals surface area contributed by atoms with Crippen LogP contribution in [0.25, 0.3) is 0 Å². The molecule has 0 heterocycles. The monoisotopic (exact) mass is 534 g/mol. The van der Waals surface area contributed by atoms with Gasteiger partial charge in [0.25, 0.3) is 0 Å². The minimum Gasteiger partial charge on any atom is -0.507 e. The number of hydrogen-bond acceptors (Lipinski definition) is 6. The maximum atomic E-state index is 14.1. The minimum atomic E-state index is -1.21. The van der Waals surface area contributed by atoms with Crippen molar-refractivity contribution in [3.8, 4) is 5.75 Å². The van der Waals surface area contributed by atoms with Crippen LogP contribution >= 0.6 is 0 Å². The van der Waals surface area contributed by atoms with E-state index in [-0.39, 0.29) is 24.2 Å². The second-order valence-corrected chi connectivity index (χ2v) is 11.5. The number of aryl methyl sites for hydroxylation is 1. The number of phenols is 1. The Bertz CT molecular complexity index is 981. The first-order chi connectivity index (χ1) is 17.5. The molecule has 0 radical (unpaired) electrons. The van der Waals surface area contributed by atoms with Gasteiger partial charge in [0.05, 0.1) is 0 Å². The molecule has 1 rings (SSSR count). The lowest BCUT2D eigenvalue weighted by atomic mass is 9.93. The number of nitrogens with one attached hydrogen (secondary N) is 2. The summed E-state index contributed by atoms with van der Waals surface area (Å²) in [7, 11) is 0. The van der Waals surface area contributed by atoms with Gasteiger partial charge < -0.3 is 31.1 Å². The van der Waals surface area contributed by atoms with Gasteiger partial charge in [0, 0.05) is 24.1 Å². The molecule has 0 aliphatic carbocycles. The largest absolute Gasteiger partial charge is 0.507 e. The molecule has 38 heavy (non-hydrogen) atoms. The maximum absolute atomic E-state index is 14.1. The minimum absolute atomic E-state index is 0.0926. The van der Waals surface area contributed by atoms with Crippen molar-refractivity contribution in [2.45, 2.75) is 111 Å². The first-order valence-electron chi connectivity index (χ1n) is 13.2. The summed E-state index contributed by atoms with van der Waals surface area (Å²) in [5, 5.41) is 16.4. The van der Waals surface area contributed by atoms with Gasteiger partial charge in [0.15, 0.2) is 0 Å². The molecule has 0 spiro atoms. The van der Waals surface area contributed by atoms with Gasteiger partial charge in [-0.1, -0.05) is 38.0 Å². The number of benzene rings is 1. The third-order valence-electron chi connectivity index (χ3n) is 5.78. The Morgan fingerprint density at radius 3 is 2.24 bits per heavy atom. The second-order valence-electron chi connectivity index (χ2n) is 11.5. The summed E-state index contributed by atoms with van der Waals surface area (Å²) in [6, 6.07) is 2.60. The molecular formula is C28H46N4O6. The van der Waals surface area contributed by atoms with Gasteiger partial charge >= 0.3 is 6.09 Å². The van der Waals surface area contributed by atoms with E-state index < -0.39 is 47.0 Å². The van der Waals surface area contributed by atoms with Gasteiger partial charge in [-0.2, -0.15) is 0 Å². The summed E-state index contributed by atoms with van der Waals surface area (Å²) in [6.45, 7) is 14.5. The highest BCUT2D eigenvalue weighted by Crippen LogP contribution is 2.36. The van der Waals surface area contributed by atoms with Crippen LogP contribution in [0.15, 0.2) is 18.2 Å². The zero-order valence-corrected chi connectivity index (χ0v) is 24.1. The fourth-order valence-electron chi connectivity index (χ4n) is 3.99. The highest BCUT2D eigenvalue weighted by Gasteiger charge is 2.42. The predicted molar refractivity (Wildman–Crippen MR) is 146 cm³/mol. The average molecular weight is 535 g/mol. The number of rotatable bonds is 12. The number of ether oxygens (including phenoxy) is 1. The molecule has 10 nitrogen and oxygen atoms in total. The van der Waals surface area contributed by atoms with E-state index in [1.165, 1.54) is 4.90 Å². The summed E-state index contributed by atoms with van der Waals surface area (Å²) >= 11 is 0. The van der Waals surface area contributed by atoms with Crippen LogP contribution in [0, 0.1) is 6.92 Å². The number of carbonyl (C=O) groups excluding carboxylic acids is 4. The van der Waals surface area contributed by atoms with Gasteiger partial charge in [-0.05, 0) is 66.9 Å². The number of aromatic hydroxyl groups is 1. The molecule has 5 N–H and O–H groups in total. The normalized spacial score (nSPS) is 13.3. The summed E-state index contributed by atoms with van der Waals surface area (Å²) in [5.74, 6) is -1.81. The number of carbonyl (C=O) groups is 4. The lowest BCUT2D eigenvalue weighted by molar-refractivity contribution is -0.148. The third kappa shape index (κ3) is 10.2. The molecule has 0 saturated heterocycles. The van der Waals surface area contributed by atoms with Gasteiger partial charge in [0.1, 0.15) is 23.4 Å². The Hall–Kier alpha value is -3.30. The smallest absolute Gasteiger partial charge is 0.408 e. The van der Waals surface area contributed by atoms with E-state index in [4.69, 9.17) is 10.5 Å². The molecule has 2 atom stereocenters. The lowest BCUT2D eigenvalue weighted by Gasteiger charge is -2.43. The molecule has 0 aliphatic heterocycles. The molecule has 0 aliphatic rings. The number of alkyl carbamates (subject to hydrolysis) is 1. The molecule has 4 amide bonds. The Balaban J connectivity index is 3.59. The molecule has 0 fully saturated rings. The van der Waals surface area contributed by atoms with Crippen molar-refractivity contribution in [3.05, 3.63) is 29.3 Å². The van der Waals surface area contributed by atoms with Gasteiger partial charge in [-0.25, -0.2) is 4.79 Å². The quantitative estimate of drug-likeness (QED) is 0.299. The maximum Gasteiger partial charge on any atom is 0.408 e. The average Bonchev–Trinajstić information content (AvgIpc) is 2.77. The van der Waals surface area contributed by atoms with Crippen molar-refractivity contribution >= 4 is 23.8 Å². The summed E-state index contributed by atoms with van der Waals surface area (Å²) < 4.78 is 5.34. The first-order valence-corrected chi connectivity index (χ1v) is 13.2. The highest BCUT2D eigenvalue weighted by atomic mass is 16.6. The van der Waals surface area contributed by atoms with Crippen LogP contribution in [-0.4, -0.2) is 57.5 Å². The third-order valence-corrected chi connectivity index (χ3v) is 5.78. The van der Waals surface area contributed by atoms with Crippen molar-refractivity contribution < 1.29 is 29.0 Å². The Morgan fingerprint density at radius 1 is 1.08 bits per heavy atom. The standard InChI is InChI=1S/C28H46N4O6/c1-9-10-11-17-30-24(35)22(19-14-12-13-18(2)23(19)34)32(27(3,4)5)25(36)20(15-16-21(29)33)31-26(37)38-28(6,7)8/h12-14,20,22,34H,9-11,15-17H2,1-8H3,(H2,29,33)(H,30,35)(H,31,37). The van der Waals surface area contributed by atoms with Crippen LogP contribution in [-0.2, 0) is 19.1 Å². The van der Waals surface area contributed by atoms with Gasteiger partial charge in [-0.15, -0.1) is 0 Å². The Kier molecular flexibility index (Phi) is 12.1. The lowest BCUT2D eigenvalue weighted by Crippen LogP contribution is -2.58. The van der Waals surface area contributed by atoms with E-state index in [9.17, 15) is 24.3 Å². The summed E-state index contributed by atoms with van der Waals surface area (Å²) in [6.07, 6.45) is 1.56. The number of unbranched alkanes of at least 4 members (excludes halogenated alkanes) is 2. The molecule has 1 aromatic carbocycles. The molecule has 0 bridgehead atoms. The van der Waals surface area contributed by atoms with Gasteiger partial charge in [0.2, 0.25) is 17.7 Å². The molecule has 1 aromatic rings. The molecule has 2 unspecified atom stereocenters. The van der Waals surface area contributed by atoms with E-state index in [1.54, 1.807) is 66.7 Å². The van der Waals surface area contributed by atoms with Crippen LogP contribution < -0.4 is 16.4 Å². The van der Waals surface area contributed by atoms with Crippen molar-refractivity contribution in [3.63, 3.8) is 0 Å². The van der Waals surface area contributed by atoms with Crippen LogP contribution in [0.5, 0.6) is 5.75 Å². The first kappa shape index (κ1) is 32.7. The van der Waals surface area contributed by atoms with E-state index in [0.29, 0.717) is 12.1 Å². The van der Waals surface area contributed by atoms with Gasteiger partial charge in [-0.3, -0.25) is 14.4 Å². The van der Waals surface area contributed by atoms with E-state index in [2.05, 4.69) is 17.6 Å². The fourth-order valence-corrected chi connectivity index (χ4v) is 3.99. The molecule has 0 aromatic heterocycles. The molecule has 214 valence electrons. The van der Waals surface area contributed by atoms with E-state index >= 15 is 0 Å². The van der Waals surface area contributed by atoms with Crippen molar-refractivity contribution in [2.75, 3.05) is 6.54 Å². The SMILES string of the molecule is CCCCCNC(=O)C(c1cccc(C)c1O)N(C(=O)C(CCC(N)=O)NC(=O)OC(C)(C)C)C(C)(C)C. The van der Waals surface area contributed by atoms with Crippen LogP contribution in [0.4, 0.5) is 4.79 Å². The number of nitrogens with zero attached hydrogens (tertiary/aromatic N) is 1. The number of hydrogen-bond donors (Lipinski definition) is 4. The molecule has 10 heteroatoms. The predicted octanol–water partition coefficient (Wildman–Crippen LogP) is 3.83. The van der Waals surface area contributed by atoms with E-state index in [0.717, 1.165) is 19.3 Å². The van der Waals surface area contributed by atoms with Crippen LogP contribution in [0.3, 0.4) is 0 Å². The molecule has 0 saturated carbocycles. The second kappa shape index (κ2) is 14.0. The van der Waals surface area contributed by atoms with Crippen molar-refractivity contribution in [1.29, 1.82) is 0 Å². The number of primary amides is 1. The number of para-hydroxylation sites is 1. The number of nitrogens with two attached hydrogens (primary N) is 1. The van der Waals surface area contributed by atoms with Crippen LogP contribution in [0.1, 0.15) is 97.7 Å². The van der Waals surface area contributed by atoms with Crippen molar-refractivity contribution in [2.24, 2.45) is 5.73 Å². The van der Waals surface area contributed by atoms with Crippen molar-refractivity contribution in [1.82, 2.24) is 15.5 Å². The topological polar surface area (TPSA) is 151 Å². The zero-order valence-electron chi connectivity index (χ0n) is 24.1. The summed E-state index contributed by atoms with van der Waals surface area (Å²) in [5.41, 5.74) is 4.40. The number of amides is 4. The molecular weight excluding hydrogens is 488 g/mol. The summed E-state index contributed by atoms with van der Waals surface area (Å²) in [4.78, 5) is 53.4. The Morgan fingerprint density at radius 2 is 1.71 bits per heavy atom. The fraction of sp³-hybridized carbons (Fsp3) is 0.643. The number of phenolic OH excluding ortho intramolecular Hbond substituents is 1.